The van der Waals surface area contributed by atoms with Crippen molar-refractivity contribution >= 4 is 17.4 Å². The average molecular weight is 243 g/mol. The number of rotatable bonds is 3. The molecular formula is C10H17N3O2S. The molecule has 0 unspecified atom stereocenters. The second-order valence-corrected chi connectivity index (χ2v) is 5.51. The van der Waals surface area contributed by atoms with Crippen molar-refractivity contribution in [3.63, 3.8) is 0 Å². The van der Waals surface area contributed by atoms with Crippen LogP contribution in [0, 0.1) is 0 Å². The number of carbonyl (C=O) groups excluding carboxylic acids is 1. The Kier molecular flexibility index (Phi) is 3.98. The van der Waals surface area contributed by atoms with Crippen LogP contribution in [0.4, 0.5) is 0 Å². The van der Waals surface area contributed by atoms with Gasteiger partial charge in [0, 0.05) is 11.5 Å². The van der Waals surface area contributed by atoms with Crippen LogP contribution in [0.15, 0.2) is 0 Å². The maximum absolute atomic E-state index is 11.9. The molecule has 0 saturated heterocycles. The Labute approximate surface area is 99.0 Å². The topological polar surface area (TPSA) is 75.1 Å². The third kappa shape index (κ3) is 2.99. The summed E-state index contributed by atoms with van der Waals surface area (Å²) in [5.41, 5.74) is 0.488. The van der Waals surface area contributed by atoms with Gasteiger partial charge in [-0.25, -0.2) is 0 Å². The molecule has 1 aromatic heterocycles. The zero-order chi connectivity index (χ0) is 12.3. The molecule has 1 aromatic rings. The molecule has 0 bridgehead atoms. The van der Waals surface area contributed by atoms with E-state index in [1.165, 1.54) is 0 Å². The summed E-state index contributed by atoms with van der Waals surface area (Å²) in [4.78, 5) is 12.4. The summed E-state index contributed by atoms with van der Waals surface area (Å²) >= 11 is 1.08. The zero-order valence-corrected chi connectivity index (χ0v) is 10.8. The Hall–Kier alpha value is -1.01. The molecule has 1 atom stereocenters. The van der Waals surface area contributed by atoms with Gasteiger partial charge in [0.05, 0.1) is 12.3 Å². The van der Waals surface area contributed by atoms with E-state index in [4.69, 9.17) is 5.11 Å². The smallest absolute Gasteiger partial charge is 0.265 e. The maximum Gasteiger partial charge on any atom is 0.265 e. The Morgan fingerprint density at radius 2 is 2.19 bits per heavy atom. The van der Waals surface area contributed by atoms with Gasteiger partial charge in [-0.05, 0) is 18.5 Å². The molecule has 0 radical (unpaired) electrons. The monoisotopic (exact) mass is 243 g/mol. The van der Waals surface area contributed by atoms with Crippen LogP contribution in [-0.4, -0.2) is 33.2 Å². The van der Waals surface area contributed by atoms with Crippen LogP contribution in [0.2, 0.25) is 0 Å². The van der Waals surface area contributed by atoms with E-state index in [1.807, 2.05) is 20.8 Å². The Morgan fingerprint density at radius 3 is 2.69 bits per heavy atom. The van der Waals surface area contributed by atoms with Crippen LogP contribution in [0.1, 0.15) is 43.1 Å². The van der Waals surface area contributed by atoms with Crippen molar-refractivity contribution in [1.82, 2.24) is 14.9 Å². The van der Waals surface area contributed by atoms with Crippen molar-refractivity contribution in [2.75, 3.05) is 6.61 Å². The van der Waals surface area contributed by atoms with Crippen LogP contribution in [0.25, 0.3) is 0 Å². The van der Waals surface area contributed by atoms with Crippen LogP contribution in [0.5, 0.6) is 0 Å². The quantitative estimate of drug-likeness (QED) is 0.828. The number of amides is 1. The SMILES string of the molecule is C[C@@H](CO)NC(=O)c1snnc1C(C)(C)C. The highest BCUT2D eigenvalue weighted by Gasteiger charge is 2.26. The molecule has 1 rings (SSSR count). The van der Waals surface area contributed by atoms with Crippen LogP contribution >= 0.6 is 11.5 Å². The summed E-state index contributed by atoms with van der Waals surface area (Å²) < 4.78 is 3.81. The van der Waals surface area contributed by atoms with Crippen molar-refractivity contribution in [2.45, 2.75) is 39.2 Å². The molecule has 90 valence electrons. The molecule has 16 heavy (non-hydrogen) atoms. The Morgan fingerprint density at radius 1 is 1.56 bits per heavy atom. The number of aliphatic hydroxyl groups is 1. The molecule has 0 aliphatic heterocycles. The van der Waals surface area contributed by atoms with Gasteiger partial charge >= 0.3 is 0 Å². The highest BCUT2D eigenvalue weighted by Crippen LogP contribution is 2.25. The summed E-state index contributed by atoms with van der Waals surface area (Å²) in [5, 5.41) is 15.5. The van der Waals surface area contributed by atoms with E-state index >= 15 is 0 Å². The Bertz CT molecular complexity index is 370. The fourth-order valence-electron chi connectivity index (χ4n) is 1.17. The maximum atomic E-state index is 11.9. The van der Waals surface area contributed by atoms with Gasteiger partial charge in [-0.15, -0.1) is 5.10 Å². The first-order valence-corrected chi connectivity index (χ1v) is 5.88. The number of nitrogens with zero attached hydrogens (tertiary/aromatic N) is 2. The van der Waals surface area contributed by atoms with Crippen molar-refractivity contribution in [3.8, 4) is 0 Å². The molecule has 0 saturated carbocycles. The molecule has 0 fully saturated rings. The van der Waals surface area contributed by atoms with E-state index in [-0.39, 0.29) is 24.0 Å². The lowest BCUT2D eigenvalue weighted by Gasteiger charge is -2.17. The van der Waals surface area contributed by atoms with E-state index in [0.717, 1.165) is 11.5 Å². The van der Waals surface area contributed by atoms with Gasteiger partial charge in [0.15, 0.2) is 0 Å². The predicted octanol–water partition coefficient (Wildman–Crippen LogP) is 0.946. The molecule has 2 N–H and O–H groups in total. The molecule has 6 heteroatoms. The molecule has 1 heterocycles. The van der Waals surface area contributed by atoms with E-state index in [0.29, 0.717) is 10.6 Å². The largest absolute Gasteiger partial charge is 0.394 e. The van der Waals surface area contributed by atoms with Gasteiger partial charge in [0.25, 0.3) is 5.91 Å². The van der Waals surface area contributed by atoms with Crippen molar-refractivity contribution < 1.29 is 9.90 Å². The van der Waals surface area contributed by atoms with E-state index < -0.39 is 0 Å². The number of aliphatic hydroxyl groups excluding tert-OH is 1. The van der Waals surface area contributed by atoms with Gasteiger partial charge in [-0.2, -0.15) is 0 Å². The molecular weight excluding hydrogens is 226 g/mol. The minimum atomic E-state index is -0.262. The second-order valence-electron chi connectivity index (χ2n) is 4.76. The summed E-state index contributed by atoms with van der Waals surface area (Å²) in [6.07, 6.45) is 0. The first-order valence-electron chi connectivity index (χ1n) is 5.10. The summed E-state index contributed by atoms with van der Waals surface area (Å²) in [6, 6.07) is -0.262. The normalized spacial score (nSPS) is 13.6. The number of aromatic nitrogens is 2. The fourth-order valence-corrected chi connectivity index (χ4v) is 1.94. The molecule has 1 amide bonds. The standard InChI is InChI=1S/C10H17N3O2S/c1-6(5-14)11-9(15)7-8(10(2,3)4)12-13-16-7/h6,14H,5H2,1-4H3,(H,11,15)/t6-/m0/s1. The van der Waals surface area contributed by atoms with Crippen molar-refractivity contribution in [1.29, 1.82) is 0 Å². The van der Waals surface area contributed by atoms with Gasteiger partial charge in [-0.1, -0.05) is 25.3 Å². The van der Waals surface area contributed by atoms with Crippen LogP contribution < -0.4 is 5.32 Å². The number of nitrogens with one attached hydrogen (secondary N) is 1. The van der Waals surface area contributed by atoms with E-state index in [2.05, 4.69) is 14.9 Å². The number of hydrogen-bond acceptors (Lipinski definition) is 5. The third-order valence-electron chi connectivity index (χ3n) is 2.06. The molecule has 0 aliphatic carbocycles. The summed E-state index contributed by atoms with van der Waals surface area (Å²) in [6.45, 7) is 7.61. The highest BCUT2D eigenvalue weighted by molar-refractivity contribution is 7.08. The van der Waals surface area contributed by atoms with Crippen LogP contribution in [-0.2, 0) is 5.41 Å². The van der Waals surface area contributed by atoms with Crippen molar-refractivity contribution in [2.24, 2.45) is 0 Å². The molecule has 0 aromatic carbocycles. The van der Waals surface area contributed by atoms with Gasteiger partial charge in [0.1, 0.15) is 4.88 Å². The summed E-state index contributed by atoms with van der Waals surface area (Å²) in [7, 11) is 0. The Balaban J connectivity index is 2.89. The van der Waals surface area contributed by atoms with Crippen molar-refractivity contribution in [3.05, 3.63) is 10.6 Å². The zero-order valence-electron chi connectivity index (χ0n) is 9.94. The molecule has 5 nitrogen and oxygen atoms in total. The minimum absolute atomic E-state index is 0.0805. The van der Waals surface area contributed by atoms with E-state index in [1.54, 1.807) is 6.92 Å². The summed E-state index contributed by atoms with van der Waals surface area (Å²) in [5.74, 6) is -0.221. The number of hydrogen-bond donors (Lipinski definition) is 2. The van der Waals surface area contributed by atoms with Gasteiger partial charge in [-0.3, -0.25) is 4.79 Å². The lowest BCUT2D eigenvalue weighted by atomic mass is 9.91. The highest BCUT2D eigenvalue weighted by atomic mass is 32.1. The molecule has 0 spiro atoms. The van der Waals surface area contributed by atoms with Crippen LogP contribution in [0.3, 0.4) is 0 Å². The second kappa shape index (κ2) is 4.88. The average Bonchev–Trinajstić information content (AvgIpc) is 2.65. The first kappa shape index (κ1) is 13.1. The third-order valence-corrected chi connectivity index (χ3v) is 2.78. The number of carbonyl (C=O) groups is 1. The minimum Gasteiger partial charge on any atom is -0.394 e. The van der Waals surface area contributed by atoms with E-state index in [9.17, 15) is 4.79 Å². The van der Waals surface area contributed by atoms with Gasteiger partial charge in [0.2, 0.25) is 0 Å². The lowest BCUT2D eigenvalue weighted by molar-refractivity contribution is 0.0924. The van der Waals surface area contributed by atoms with Gasteiger partial charge < -0.3 is 10.4 Å². The molecule has 0 aliphatic rings. The first-order chi connectivity index (χ1) is 7.36. The lowest BCUT2D eigenvalue weighted by Crippen LogP contribution is -2.35. The fraction of sp³-hybridized carbons (Fsp3) is 0.700. The predicted molar refractivity (Wildman–Crippen MR) is 62.6 cm³/mol.